The van der Waals surface area contributed by atoms with E-state index in [9.17, 15) is 4.79 Å². The molecule has 0 spiro atoms. The molecular weight excluding hydrogens is 364 g/mol. The highest BCUT2D eigenvalue weighted by atomic mass is 32.1. The number of ether oxygens (including phenoxy) is 1. The summed E-state index contributed by atoms with van der Waals surface area (Å²) in [6.45, 7) is 1.30. The zero-order chi connectivity index (χ0) is 18.6. The van der Waals surface area contributed by atoms with Crippen LogP contribution >= 0.6 is 11.3 Å². The van der Waals surface area contributed by atoms with Gasteiger partial charge in [0.1, 0.15) is 5.75 Å². The normalized spacial score (nSPS) is 14.9. The number of urea groups is 1. The Morgan fingerprint density at radius 1 is 1.30 bits per heavy atom. The van der Waals surface area contributed by atoms with Gasteiger partial charge in [0, 0.05) is 41.7 Å². The first-order chi connectivity index (χ1) is 13.2. The minimum Gasteiger partial charge on any atom is -0.497 e. The molecule has 0 radical (unpaired) electrons. The largest absolute Gasteiger partial charge is 0.497 e. The van der Waals surface area contributed by atoms with E-state index in [0.717, 1.165) is 24.1 Å². The second kappa shape index (κ2) is 7.79. The average Bonchev–Trinajstić information content (AvgIpc) is 3.40. The summed E-state index contributed by atoms with van der Waals surface area (Å²) < 4.78 is 11.0. The summed E-state index contributed by atoms with van der Waals surface area (Å²) in [5.41, 5.74) is 1.67. The molecule has 0 atom stereocenters. The zero-order valence-corrected chi connectivity index (χ0v) is 15.7. The average molecular weight is 384 g/mol. The molecule has 4 rings (SSSR count). The first-order valence-electron chi connectivity index (χ1n) is 8.79. The maximum atomic E-state index is 12.5. The number of amides is 2. The fourth-order valence-electron chi connectivity index (χ4n) is 3.14. The highest BCUT2D eigenvalue weighted by Crippen LogP contribution is 2.30. The van der Waals surface area contributed by atoms with Crippen molar-refractivity contribution >= 4 is 23.1 Å². The Morgan fingerprint density at radius 3 is 2.89 bits per heavy atom. The van der Waals surface area contributed by atoms with Gasteiger partial charge in [0.05, 0.1) is 7.11 Å². The van der Waals surface area contributed by atoms with Crippen LogP contribution in [0, 0.1) is 0 Å². The molecule has 1 aliphatic heterocycles. The number of carbonyl (C=O) groups is 1. The van der Waals surface area contributed by atoms with Gasteiger partial charge in [0.15, 0.2) is 0 Å². The van der Waals surface area contributed by atoms with Gasteiger partial charge in [-0.15, -0.1) is 10.2 Å². The second-order valence-electron chi connectivity index (χ2n) is 6.38. The number of hydrogen-bond acceptors (Lipinski definition) is 6. The number of thiophene rings is 1. The van der Waals surface area contributed by atoms with Gasteiger partial charge in [-0.25, -0.2) is 4.79 Å². The lowest BCUT2D eigenvalue weighted by molar-refractivity contribution is 0.190. The molecule has 27 heavy (non-hydrogen) atoms. The summed E-state index contributed by atoms with van der Waals surface area (Å²) >= 11 is 1.60. The van der Waals surface area contributed by atoms with Gasteiger partial charge in [-0.3, -0.25) is 0 Å². The number of piperidine rings is 1. The Kier molecular flexibility index (Phi) is 5.06. The van der Waals surface area contributed by atoms with Crippen LogP contribution in [0.4, 0.5) is 10.5 Å². The Labute approximate surface area is 161 Å². The second-order valence-corrected chi connectivity index (χ2v) is 7.16. The highest BCUT2D eigenvalue weighted by molar-refractivity contribution is 7.08. The smallest absolute Gasteiger partial charge is 0.321 e. The molecular formula is C19H20N4O3S. The quantitative estimate of drug-likeness (QED) is 0.728. The van der Waals surface area contributed by atoms with Crippen LogP contribution in [0.5, 0.6) is 5.75 Å². The van der Waals surface area contributed by atoms with E-state index in [1.165, 1.54) is 0 Å². The number of anilines is 1. The van der Waals surface area contributed by atoms with Crippen molar-refractivity contribution in [3.8, 4) is 17.2 Å². The molecule has 1 N–H and O–H groups in total. The summed E-state index contributed by atoms with van der Waals surface area (Å²) in [6.07, 6.45) is 1.60. The Morgan fingerprint density at radius 2 is 2.15 bits per heavy atom. The first-order valence-corrected chi connectivity index (χ1v) is 9.73. The monoisotopic (exact) mass is 384 g/mol. The third kappa shape index (κ3) is 3.95. The van der Waals surface area contributed by atoms with Crippen molar-refractivity contribution in [2.24, 2.45) is 0 Å². The molecule has 1 fully saturated rings. The van der Waals surface area contributed by atoms with Crippen LogP contribution < -0.4 is 10.1 Å². The third-order valence-electron chi connectivity index (χ3n) is 4.66. The van der Waals surface area contributed by atoms with Crippen molar-refractivity contribution in [2.75, 3.05) is 25.5 Å². The van der Waals surface area contributed by atoms with Gasteiger partial charge in [-0.2, -0.15) is 11.3 Å². The number of rotatable bonds is 4. The fourth-order valence-corrected chi connectivity index (χ4v) is 3.76. The molecule has 3 aromatic rings. The Bertz CT molecular complexity index is 901. The molecule has 0 aliphatic carbocycles. The van der Waals surface area contributed by atoms with Crippen LogP contribution in [0.2, 0.25) is 0 Å². The van der Waals surface area contributed by atoms with Gasteiger partial charge in [-0.05, 0) is 36.4 Å². The van der Waals surface area contributed by atoms with Crippen LogP contribution in [0.3, 0.4) is 0 Å². The predicted molar refractivity (Wildman–Crippen MR) is 103 cm³/mol. The molecule has 2 aromatic heterocycles. The number of carbonyl (C=O) groups excluding carboxylic acids is 1. The fraction of sp³-hybridized carbons (Fsp3) is 0.316. The van der Waals surface area contributed by atoms with Crippen molar-refractivity contribution in [3.63, 3.8) is 0 Å². The summed E-state index contributed by atoms with van der Waals surface area (Å²) in [5.74, 6) is 2.11. The minimum atomic E-state index is -0.105. The maximum Gasteiger partial charge on any atom is 0.321 e. The van der Waals surface area contributed by atoms with Crippen LogP contribution in [-0.4, -0.2) is 41.3 Å². The van der Waals surface area contributed by atoms with E-state index in [1.807, 2.05) is 39.9 Å². The molecule has 3 heterocycles. The van der Waals surface area contributed by atoms with Crippen molar-refractivity contribution in [2.45, 2.75) is 18.8 Å². The predicted octanol–water partition coefficient (Wildman–Crippen LogP) is 4.22. The van der Waals surface area contributed by atoms with Gasteiger partial charge < -0.3 is 19.4 Å². The maximum absolute atomic E-state index is 12.5. The Balaban J connectivity index is 1.34. The van der Waals surface area contributed by atoms with E-state index in [1.54, 1.807) is 24.5 Å². The molecule has 1 aliphatic rings. The van der Waals surface area contributed by atoms with Gasteiger partial charge >= 0.3 is 6.03 Å². The number of likely N-dealkylation sites (tertiary alicyclic amines) is 1. The molecule has 7 nitrogen and oxygen atoms in total. The van der Waals surface area contributed by atoms with Crippen LogP contribution in [0.25, 0.3) is 11.5 Å². The lowest BCUT2D eigenvalue weighted by atomic mass is 9.97. The molecule has 1 saturated heterocycles. The summed E-state index contributed by atoms with van der Waals surface area (Å²) in [4.78, 5) is 14.3. The van der Waals surface area contributed by atoms with E-state index in [4.69, 9.17) is 9.15 Å². The van der Waals surface area contributed by atoms with Gasteiger partial charge in [0.2, 0.25) is 11.8 Å². The van der Waals surface area contributed by atoms with E-state index >= 15 is 0 Å². The summed E-state index contributed by atoms with van der Waals surface area (Å²) in [7, 11) is 1.60. The van der Waals surface area contributed by atoms with Gasteiger partial charge in [-0.1, -0.05) is 6.07 Å². The third-order valence-corrected chi connectivity index (χ3v) is 5.34. The molecule has 140 valence electrons. The van der Waals surface area contributed by atoms with E-state index in [0.29, 0.717) is 30.6 Å². The molecule has 0 unspecified atom stereocenters. The molecule has 2 amide bonds. The highest BCUT2D eigenvalue weighted by Gasteiger charge is 2.27. The number of benzene rings is 1. The first kappa shape index (κ1) is 17.5. The number of nitrogens with one attached hydrogen (secondary N) is 1. The summed E-state index contributed by atoms with van der Waals surface area (Å²) in [6, 6.07) is 9.20. The number of hydrogen-bond donors (Lipinski definition) is 1. The standard InChI is InChI=1S/C19H20N4O3S/c1-25-16-4-2-3-15(11-16)20-19(24)23-8-5-13(6-9-23)17-21-22-18(26-17)14-7-10-27-12-14/h2-4,7,10-13H,5-6,8-9H2,1H3,(H,20,24). The van der Waals surface area contributed by atoms with Crippen LogP contribution in [0.1, 0.15) is 24.7 Å². The van der Waals surface area contributed by atoms with Crippen LogP contribution in [0.15, 0.2) is 45.5 Å². The molecule has 8 heteroatoms. The number of methoxy groups -OCH3 is 1. The van der Waals surface area contributed by atoms with E-state index in [-0.39, 0.29) is 11.9 Å². The lowest BCUT2D eigenvalue weighted by Gasteiger charge is -2.30. The minimum absolute atomic E-state index is 0.105. The SMILES string of the molecule is COc1cccc(NC(=O)N2CCC(c3nnc(-c4ccsc4)o3)CC2)c1. The van der Waals surface area contributed by atoms with Gasteiger partial charge in [0.25, 0.3) is 0 Å². The number of aromatic nitrogens is 2. The number of nitrogens with zero attached hydrogens (tertiary/aromatic N) is 3. The van der Waals surface area contributed by atoms with Crippen molar-refractivity contribution in [1.29, 1.82) is 0 Å². The zero-order valence-electron chi connectivity index (χ0n) is 14.9. The topological polar surface area (TPSA) is 80.5 Å². The lowest BCUT2D eigenvalue weighted by Crippen LogP contribution is -2.40. The van der Waals surface area contributed by atoms with Crippen molar-refractivity contribution in [1.82, 2.24) is 15.1 Å². The van der Waals surface area contributed by atoms with E-state index in [2.05, 4.69) is 15.5 Å². The molecule has 1 aromatic carbocycles. The summed E-state index contributed by atoms with van der Waals surface area (Å²) in [5, 5.41) is 15.2. The van der Waals surface area contributed by atoms with E-state index < -0.39 is 0 Å². The Hall–Kier alpha value is -2.87. The van der Waals surface area contributed by atoms with Crippen molar-refractivity contribution < 1.29 is 13.9 Å². The van der Waals surface area contributed by atoms with Crippen LogP contribution in [-0.2, 0) is 0 Å². The van der Waals surface area contributed by atoms with Crippen molar-refractivity contribution in [3.05, 3.63) is 47.0 Å². The molecule has 0 bridgehead atoms. The molecule has 0 saturated carbocycles.